The number of benzene rings is 2. The van der Waals surface area contributed by atoms with Crippen LogP contribution in [-0.2, 0) is 11.3 Å². The third kappa shape index (κ3) is 4.45. The zero-order chi connectivity index (χ0) is 17.6. The SMILES string of the molecule is CCOc1ccc(C(=O)OCc2nnc(-c3ccc(Br)cc3)o2)cc1. The van der Waals surface area contributed by atoms with E-state index in [0.29, 0.717) is 23.8 Å². The molecule has 0 N–H and O–H groups in total. The van der Waals surface area contributed by atoms with Crippen LogP contribution in [0.2, 0.25) is 0 Å². The van der Waals surface area contributed by atoms with Gasteiger partial charge in [0.25, 0.3) is 5.89 Å². The van der Waals surface area contributed by atoms with Crippen LogP contribution in [0, 0.1) is 0 Å². The normalized spacial score (nSPS) is 10.5. The predicted molar refractivity (Wildman–Crippen MR) is 94.2 cm³/mol. The van der Waals surface area contributed by atoms with Crippen LogP contribution in [0.4, 0.5) is 0 Å². The minimum atomic E-state index is -0.466. The van der Waals surface area contributed by atoms with Gasteiger partial charge >= 0.3 is 5.97 Å². The lowest BCUT2D eigenvalue weighted by Gasteiger charge is -2.04. The summed E-state index contributed by atoms with van der Waals surface area (Å²) in [6.07, 6.45) is 0. The fraction of sp³-hybridized carbons (Fsp3) is 0.167. The number of hydrogen-bond acceptors (Lipinski definition) is 6. The van der Waals surface area contributed by atoms with Crippen LogP contribution < -0.4 is 4.74 Å². The fourth-order valence-corrected chi connectivity index (χ4v) is 2.35. The highest BCUT2D eigenvalue weighted by Crippen LogP contribution is 2.21. The molecule has 0 bridgehead atoms. The summed E-state index contributed by atoms with van der Waals surface area (Å²) in [5.74, 6) is 0.846. The molecular weight excluding hydrogens is 388 g/mol. The lowest BCUT2D eigenvalue weighted by Crippen LogP contribution is -2.05. The number of rotatable bonds is 6. The van der Waals surface area contributed by atoms with Gasteiger partial charge < -0.3 is 13.9 Å². The van der Waals surface area contributed by atoms with E-state index < -0.39 is 5.97 Å². The molecule has 3 aromatic rings. The number of nitrogens with zero attached hydrogens (tertiary/aromatic N) is 2. The molecule has 0 aliphatic carbocycles. The quantitative estimate of drug-likeness (QED) is 0.573. The molecular formula is C18H15BrN2O4. The molecule has 3 rings (SSSR count). The summed E-state index contributed by atoms with van der Waals surface area (Å²) < 4.78 is 17.0. The number of esters is 1. The Morgan fingerprint density at radius 1 is 1.08 bits per heavy atom. The summed E-state index contributed by atoms with van der Waals surface area (Å²) >= 11 is 3.37. The highest BCUT2D eigenvalue weighted by molar-refractivity contribution is 9.10. The first-order valence-electron chi connectivity index (χ1n) is 7.64. The van der Waals surface area contributed by atoms with E-state index in [4.69, 9.17) is 13.9 Å². The second-order valence-electron chi connectivity index (χ2n) is 5.04. The molecule has 0 saturated heterocycles. The van der Waals surface area contributed by atoms with Crippen LogP contribution in [0.25, 0.3) is 11.5 Å². The van der Waals surface area contributed by atoms with Crippen LogP contribution >= 0.6 is 15.9 Å². The summed E-state index contributed by atoms with van der Waals surface area (Å²) in [7, 11) is 0. The summed E-state index contributed by atoms with van der Waals surface area (Å²) in [6, 6.07) is 14.2. The first-order valence-corrected chi connectivity index (χ1v) is 8.43. The molecule has 0 atom stereocenters. The van der Waals surface area contributed by atoms with Crippen molar-refractivity contribution in [1.29, 1.82) is 0 Å². The van der Waals surface area contributed by atoms with Crippen molar-refractivity contribution in [1.82, 2.24) is 10.2 Å². The Hall–Kier alpha value is -2.67. The maximum atomic E-state index is 12.0. The topological polar surface area (TPSA) is 74.5 Å². The Morgan fingerprint density at radius 2 is 1.80 bits per heavy atom. The van der Waals surface area contributed by atoms with E-state index in [2.05, 4.69) is 26.1 Å². The van der Waals surface area contributed by atoms with Crippen molar-refractivity contribution < 1.29 is 18.7 Å². The van der Waals surface area contributed by atoms with Gasteiger partial charge in [0.2, 0.25) is 5.89 Å². The number of carbonyl (C=O) groups excluding carboxylic acids is 1. The molecule has 7 heteroatoms. The van der Waals surface area contributed by atoms with Crippen LogP contribution in [0.3, 0.4) is 0 Å². The molecule has 0 spiro atoms. The number of hydrogen-bond donors (Lipinski definition) is 0. The molecule has 1 aromatic heterocycles. The number of ether oxygens (including phenoxy) is 2. The molecule has 0 saturated carbocycles. The van der Waals surface area contributed by atoms with Gasteiger partial charge in [-0.25, -0.2) is 4.79 Å². The Labute approximate surface area is 152 Å². The second-order valence-corrected chi connectivity index (χ2v) is 5.96. The van der Waals surface area contributed by atoms with Crippen LogP contribution in [0.5, 0.6) is 5.75 Å². The molecule has 0 aliphatic heterocycles. The highest BCUT2D eigenvalue weighted by Gasteiger charge is 2.12. The minimum Gasteiger partial charge on any atom is -0.494 e. The monoisotopic (exact) mass is 402 g/mol. The van der Waals surface area contributed by atoms with Crippen molar-refractivity contribution in [2.45, 2.75) is 13.5 Å². The average molecular weight is 403 g/mol. The molecule has 0 fully saturated rings. The summed E-state index contributed by atoms with van der Waals surface area (Å²) in [5.41, 5.74) is 1.22. The summed E-state index contributed by atoms with van der Waals surface area (Å²) in [6.45, 7) is 2.38. The van der Waals surface area contributed by atoms with Gasteiger partial charge in [-0.05, 0) is 55.5 Å². The molecule has 0 amide bonds. The van der Waals surface area contributed by atoms with Gasteiger partial charge in [-0.1, -0.05) is 15.9 Å². The van der Waals surface area contributed by atoms with Crippen molar-refractivity contribution in [2.75, 3.05) is 6.61 Å². The Balaban J connectivity index is 1.60. The Morgan fingerprint density at radius 3 is 2.48 bits per heavy atom. The van der Waals surface area contributed by atoms with Crippen molar-refractivity contribution in [3.63, 3.8) is 0 Å². The molecule has 1 heterocycles. The van der Waals surface area contributed by atoms with E-state index >= 15 is 0 Å². The number of carbonyl (C=O) groups is 1. The molecule has 25 heavy (non-hydrogen) atoms. The molecule has 128 valence electrons. The van der Waals surface area contributed by atoms with Gasteiger partial charge in [0.15, 0.2) is 6.61 Å². The summed E-state index contributed by atoms with van der Waals surface area (Å²) in [4.78, 5) is 12.0. The van der Waals surface area contributed by atoms with Gasteiger partial charge in [-0.15, -0.1) is 10.2 Å². The number of aromatic nitrogens is 2. The predicted octanol–water partition coefficient (Wildman–Crippen LogP) is 4.25. The zero-order valence-corrected chi connectivity index (χ0v) is 15.0. The summed E-state index contributed by atoms with van der Waals surface area (Å²) in [5, 5.41) is 7.85. The standard InChI is InChI=1S/C18H15BrN2O4/c1-2-23-15-9-5-13(6-10-15)18(22)24-11-16-20-21-17(25-16)12-3-7-14(19)8-4-12/h3-10H,2,11H2,1H3. The molecule has 2 aromatic carbocycles. The van der Waals surface area contributed by atoms with Gasteiger partial charge in [-0.3, -0.25) is 0 Å². The van der Waals surface area contributed by atoms with Crippen molar-refractivity contribution in [3.05, 3.63) is 64.5 Å². The van der Waals surface area contributed by atoms with Crippen LogP contribution in [-0.4, -0.2) is 22.8 Å². The third-order valence-electron chi connectivity index (χ3n) is 3.29. The van der Waals surface area contributed by atoms with Crippen molar-refractivity contribution >= 4 is 21.9 Å². The highest BCUT2D eigenvalue weighted by atomic mass is 79.9. The zero-order valence-electron chi connectivity index (χ0n) is 13.4. The maximum absolute atomic E-state index is 12.0. The van der Waals surface area contributed by atoms with Gasteiger partial charge in [0, 0.05) is 10.0 Å². The van der Waals surface area contributed by atoms with Gasteiger partial charge in [0.05, 0.1) is 12.2 Å². The lowest BCUT2D eigenvalue weighted by molar-refractivity contribution is 0.0438. The molecule has 0 radical (unpaired) electrons. The maximum Gasteiger partial charge on any atom is 0.338 e. The largest absolute Gasteiger partial charge is 0.494 e. The Kier molecular flexibility index (Phi) is 5.45. The van der Waals surface area contributed by atoms with E-state index in [1.54, 1.807) is 24.3 Å². The van der Waals surface area contributed by atoms with Gasteiger partial charge in [-0.2, -0.15) is 0 Å². The second kappa shape index (κ2) is 7.94. The van der Waals surface area contributed by atoms with Crippen LogP contribution in [0.1, 0.15) is 23.2 Å². The van der Waals surface area contributed by atoms with E-state index in [9.17, 15) is 4.79 Å². The fourth-order valence-electron chi connectivity index (χ4n) is 2.09. The van der Waals surface area contributed by atoms with E-state index in [1.165, 1.54) is 0 Å². The lowest BCUT2D eigenvalue weighted by atomic mass is 10.2. The first kappa shape index (κ1) is 17.2. The molecule has 0 unspecified atom stereocenters. The van der Waals surface area contributed by atoms with E-state index in [-0.39, 0.29) is 12.5 Å². The third-order valence-corrected chi connectivity index (χ3v) is 3.81. The average Bonchev–Trinajstić information content (AvgIpc) is 3.10. The Bertz CT molecular complexity index is 844. The van der Waals surface area contributed by atoms with Crippen molar-refractivity contribution in [3.8, 4) is 17.2 Å². The van der Waals surface area contributed by atoms with Gasteiger partial charge in [0.1, 0.15) is 5.75 Å². The van der Waals surface area contributed by atoms with Crippen LogP contribution in [0.15, 0.2) is 57.4 Å². The van der Waals surface area contributed by atoms with E-state index in [1.807, 2.05) is 31.2 Å². The first-order chi connectivity index (χ1) is 12.2. The molecule has 0 aliphatic rings. The van der Waals surface area contributed by atoms with E-state index in [0.717, 1.165) is 10.0 Å². The molecule has 6 nitrogen and oxygen atoms in total. The minimum absolute atomic E-state index is 0.0877. The van der Waals surface area contributed by atoms with Crippen molar-refractivity contribution in [2.24, 2.45) is 0 Å². The smallest absolute Gasteiger partial charge is 0.338 e. The number of halogens is 1.